The molecule has 0 heterocycles. The maximum atomic E-state index is 12.0. The van der Waals surface area contributed by atoms with Gasteiger partial charge in [0, 0.05) is 11.7 Å². The first kappa shape index (κ1) is 13.6. The second-order valence-electron chi connectivity index (χ2n) is 5.65. The fraction of sp³-hybridized carbons (Fsp3) is 0.500. The largest absolute Gasteiger partial charge is 0.398 e. The fourth-order valence-corrected chi connectivity index (χ4v) is 1.38. The van der Waals surface area contributed by atoms with E-state index in [9.17, 15) is 4.79 Å². The Hall–Kier alpha value is -1.51. The van der Waals surface area contributed by atoms with Gasteiger partial charge in [0.15, 0.2) is 0 Å². The second-order valence-corrected chi connectivity index (χ2v) is 5.65. The highest BCUT2D eigenvalue weighted by molar-refractivity contribution is 5.99. The molecule has 1 aromatic carbocycles. The van der Waals surface area contributed by atoms with Crippen molar-refractivity contribution in [3.05, 3.63) is 29.3 Å². The molecule has 0 saturated carbocycles. The van der Waals surface area contributed by atoms with Crippen molar-refractivity contribution in [1.82, 2.24) is 5.32 Å². The quantitative estimate of drug-likeness (QED) is 0.773. The monoisotopic (exact) mass is 234 g/mol. The lowest BCUT2D eigenvalue weighted by Gasteiger charge is -2.28. The molecular formula is C14H22N2O. The molecule has 3 N–H and O–H groups in total. The zero-order valence-electron chi connectivity index (χ0n) is 11.3. The summed E-state index contributed by atoms with van der Waals surface area (Å²) in [5.41, 5.74) is 8.02. The Bertz CT molecular complexity index is 419. The molecule has 3 nitrogen and oxygen atoms in total. The zero-order valence-corrected chi connectivity index (χ0v) is 11.3. The van der Waals surface area contributed by atoms with Crippen molar-refractivity contribution in [2.45, 2.75) is 40.7 Å². The van der Waals surface area contributed by atoms with E-state index >= 15 is 0 Å². The van der Waals surface area contributed by atoms with E-state index in [0.717, 1.165) is 5.56 Å². The maximum absolute atomic E-state index is 12.0. The number of hydrogen-bond donors (Lipinski definition) is 2. The zero-order chi connectivity index (χ0) is 13.2. The molecule has 1 unspecified atom stereocenters. The van der Waals surface area contributed by atoms with Gasteiger partial charge in [-0.15, -0.1) is 0 Å². The molecule has 0 aliphatic heterocycles. The number of carbonyl (C=O) groups excluding carboxylic acids is 1. The molecule has 0 bridgehead atoms. The van der Waals surface area contributed by atoms with E-state index in [1.165, 1.54) is 0 Å². The third-order valence-electron chi connectivity index (χ3n) is 3.10. The molecule has 1 rings (SSSR count). The van der Waals surface area contributed by atoms with Gasteiger partial charge in [-0.2, -0.15) is 0 Å². The normalized spacial score (nSPS) is 13.2. The standard InChI is InChI=1S/C14H22N2O/c1-9-6-7-11(12(15)8-9)13(17)16-10(2)14(3,4)5/h6-8,10H,15H2,1-5H3,(H,16,17). The third kappa shape index (κ3) is 3.48. The van der Waals surface area contributed by atoms with Gasteiger partial charge in [0.05, 0.1) is 5.56 Å². The molecule has 0 aliphatic rings. The van der Waals surface area contributed by atoms with E-state index in [1.807, 2.05) is 26.0 Å². The lowest BCUT2D eigenvalue weighted by Crippen LogP contribution is -2.41. The van der Waals surface area contributed by atoms with E-state index in [0.29, 0.717) is 11.3 Å². The van der Waals surface area contributed by atoms with Gasteiger partial charge in [0.1, 0.15) is 0 Å². The Kier molecular flexibility index (Phi) is 3.81. The van der Waals surface area contributed by atoms with E-state index in [-0.39, 0.29) is 17.4 Å². The lowest BCUT2D eigenvalue weighted by atomic mass is 9.88. The SMILES string of the molecule is Cc1ccc(C(=O)NC(C)C(C)(C)C)c(N)c1. The van der Waals surface area contributed by atoms with Gasteiger partial charge in [-0.25, -0.2) is 0 Å². The molecule has 0 saturated heterocycles. The first-order valence-corrected chi connectivity index (χ1v) is 5.89. The van der Waals surface area contributed by atoms with Crippen LogP contribution in [0.4, 0.5) is 5.69 Å². The number of aryl methyl sites for hydroxylation is 1. The average molecular weight is 234 g/mol. The van der Waals surface area contributed by atoms with Crippen LogP contribution in [0.15, 0.2) is 18.2 Å². The van der Waals surface area contributed by atoms with Gasteiger partial charge < -0.3 is 11.1 Å². The van der Waals surface area contributed by atoms with Crippen molar-refractivity contribution in [3.8, 4) is 0 Å². The third-order valence-corrected chi connectivity index (χ3v) is 3.10. The van der Waals surface area contributed by atoms with Crippen LogP contribution in [-0.4, -0.2) is 11.9 Å². The Morgan fingerprint density at radius 2 is 1.94 bits per heavy atom. The number of amides is 1. The Labute approximate surface area is 103 Å². The molecule has 17 heavy (non-hydrogen) atoms. The minimum atomic E-state index is -0.107. The van der Waals surface area contributed by atoms with Crippen LogP contribution >= 0.6 is 0 Å². The number of hydrogen-bond acceptors (Lipinski definition) is 2. The van der Waals surface area contributed by atoms with Crippen molar-refractivity contribution in [1.29, 1.82) is 0 Å². The van der Waals surface area contributed by atoms with Crippen LogP contribution in [0.3, 0.4) is 0 Å². The van der Waals surface area contributed by atoms with Gasteiger partial charge >= 0.3 is 0 Å². The van der Waals surface area contributed by atoms with E-state index in [1.54, 1.807) is 6.07 Å². The van der Waals surface area contributed by atoms with Gasteiger partial charge in [0.2, 0.25) is 0 Å². The molecule has 0 aromatic heterocycles. The van der Waals surface area contributed by atoms with Crippen molar-refractivity contribution in [2.24, 2.45) is 5.41 Å². The van der Waals surface area contributed by atoms with Crippen molar-refractivity contribution < 1.29 is 4.79 Å². The minimum Gasteiger partial charge on any atom is -0.398 e. The Morgan fingerprint density at radius 1 is 1.35 bits per heavy atom. The van der Waals surface area contributed by atoms with Crippen molar-refractivity contribution >= 4 is 11.6 Å². The summed E-state index contributed by atoms with van der Waals surface area (Å²) < 4.78 is 0. The highest BCUT2D eigenvalue weighted by Crippen LogP contribution is 2.20. The van der Waals surface area contributed by atoms with Crippen LogP contribution in [0, 0.1) is 12.3 Å². The lowest BCUT2D eigenvalue weighted by molar-refractivity contribution is 0.0911. The maximum Gasteiger partial charge on any atom is 0.253 e. The summed E-state index contributed by atoms with van der Waals surface area (Å²) in [6, 6.07) is 5.58. The van der Waals surface area contributed by atoms with E-state index < -0.39 is 0 Å². The Balaban J connectivity index is 2.84. The first-order chi connectivity index (χ1) is 7.71. The summed E-state index contributed by atoms with van der Waals surface area (Å²) in [5.74, 6) is -0.107. The van der Waals surface area contributed by atoms with Gasteiger partial charge in [-0.1, -0.05) is 26.8 Å². The highest BCUT2D eigenvalue weighted by Gasteiger charge is 2.22. The molecule has 1 aromatic rings. The van der Waals surface area contributed by atoms with Gasteiger partial charge in [-0.3, -0.25) is 4.79 Å². The molecule has 94 valence electrons. The number of carbonyl (C=O) groups is 1. The summed E-state index contributed by atoms with van der Waals surface area (Å²) in [7, 11) is 0. The molecule has 3 heteroatoms. The van der Waals surface area contributed by atoms with Gasteiger partial charge in [0.25, 0.3) is 5.91 Å². The van der Waals surface area contributed by atoms with Crippen molar-refractivity contribution in [3.63, 3.8) is 0 Å². The number of nitrogen functional groups attached to an aromatic ring is 1. The van der Waals surface area contributed by atoms with Crippen LogP contribution in [-0.2, 0) is 0 Å². The fourth-order valence-electron chi connectivity index (χ4n) is 1.38. The summed E-state index contributed by atoms with van der Waals surface area (Å²) in [6.45, 7) is 10.2. The molecule has 0 fully saturated rings. The van der Waals surface area contributed by atoms with Gasteiger partial charge in [-0.05, 0) is 37.0 Å². The van der Waals surface area contributed by atoms with Crippen LogP contribution in [0.2, 0.25) is 0 Å². The number of benzene rings is 1. The number of anilines is 1. The number of nitrogens with one attached hydrogen (secondary N) is 1. The predicted octanol–water partition coefficient (Wildman–Crippen LogP) is 2.74. The predicted molar refractivity (Wildman–Crippen MR) is 72.0 cm³/mol. The molecule has 1 atom stereocenters. The molecule has 0 aliphatic carbocycles. The topological polar surface area (TPSA) is 55.1 Å². The summed E-state index contributed by atoms with van der Waals surface area (Å²) in [6.07, 6.45) is 0. The van der Waals surface area contributed by atoms with E-state index in [2.05, 4.69) is 26.1 Å². The highest BCUT2D eigenvalue weighted by atomic mass is 16.1. The summed E-state index contributed by atoms with van der Waals surface area (Å²) >= 11 is 0. The Morgan fingerprint density at radius 3 is 2.41 bits per heavy atom. The molecule has 0 spiro atoms. The first-order valence-electron chi connectivity index (χ1n) is 5.89. The van der Waals surface area contributed by atoms with Crippen LogP contribution in [0.1, 0.15) is 43.6 Å². The van der Waals surface area contributed by atoms with Crippen molar-refractivity contribution in [2.75, 3.05) is 5.73 Å². The number of rotatable bonds is 2. The summed E-state index contributed by atoms with van der Waals surface area (Å²) in [4.78, 5) is 12.0. The smallest absolute Gasteiger partial charge is 0.253 e. The second kappa shape index (κ2) is 4.78. The van der Waals surface area contributed by atoms with Crippen LogP contribution in [0.5, 0.6) is 0 Å². The molecular weight excluding hydrogens is 212 g/mol. The minimum absolute atomic E-state index is 0.0368. The average Bonchev–Trinajstić information content (AvgIpc) is 2.15. The number of nitrogens with two attached hydrogens (primary N) is 1. The molecule has 1 amide bonds. The summed E-state index contributed by atoms with van der Waals surface area (Å²) in [5, 5.41) is 2.98. The van der Waals surface area contributed by atoms with Crippen LogP contribution in [0.25, 0.3) is 0 Å². The van der Waals surface area contributed by atoms with Crippen LogP contribution < -0.4 is 11.1 Å². The molecule has 0 radical (unpaired) electrons. The van der Waals surface area contributed by atoms with E-state index in [4.69, 9.17) is 5.73 Å².